The first kappa shape index (κ1) is 23.7. The Morgan fingerprint density at radius 1 is 0.939 bits per heavy atom. The van der Waals surface area contributed by atoms with Crippen LogP contribution < -0.4 is 5.73 Å². The third kappa shape index (κ3) is 2.71. The highest BCUT2D eigenvalue weighted by Crippen LogP contribution is 2.75. The van der Waals surface area contributed by atoms with Crippen molar-refractivity contribution in [2.24, 2.45) is 51.1 Å². The van der Waals surface area contributed by atoms with E-state index in [0.29, 0.717) is 24.2 Å². The molecule has 4 heteroatoms. The number of hydrogen-bond donors (Lipinski definition) is 2. The summed E-state index contributed by atoms with van der Waals surface area (Å²) in [6.45, 7) is 13.8. The van der Waals surface area contributed by atoms with Crippen LogP contribution in [0.1, 0.15) is 99.3 Å². The lowest BCUT2D eigenvalue weighted by Crippen LogP contribution is -2.69. The van der Waals surface area contributed by atoms with Gasteiger partial charge in [-0.25, -0.2) is 0 Å². The molecule has 5 aliphatic rings. The van der Waals surface area contributed by atoms with Crippen molar-refractivity contribution in [2.45, 2.75) is 111 Å². The first-order valence-electron chi connectivity index (χ1n) is 13.5. The number of carbonyl (C=O) groups excluding carboxylic acids is 2. The fourth-order valence-electron chi connectivity index (χ4n) is 10.5. The number of carbonyl (C=O) groups is 2. The highest BCUT2D eigenvalue weighted by atomic mass is 16.3. The maximum absolute atomic E-state index is 13.2. The molecule has 5 aliphatic carbocycles. The minimum Gasteiger partial charge on any atom is -0.391 e. The van der Waals surface area contributed by atoms with Crippen molar-refractivity contribution in [2.75, 3.05) is 0 Å². The van der Waals surface area contributed by atoms with Gasteiger partial charge in [-0.15, -0.1) is 0 Å². The molecule has 4 fully saturated rings. The number of hydrogen-bond acceptors (Lipinski definition) is 4. The summed E-state index contributed by atoms with van der Waals surface area (Å²) in [7, 11) is 0. The van der Waals surface area contributed by atoms with Gasteiger partial charge in [0, 0.05) is 12.0 Å². The van der Waals surface area contributed by atoms with Gasteiger partial charge in [-0.2, -0.15) is 0 Å². The summed E-state index contributed by atoms with van der Waals surface area (Å²) in [5, 5.41) is 10.8. The predicted molar refractivity (Wildman–Crippen MR) is 130 cm³/mol. The number of allylic oxidation sites excluding steroid dienone is 2. The van der Waals surface area contributed by atoms with Gasteiger partial charge in [0.05, 0.1) is 11.5 Å². The number of fused-ring (bicyclic) bond motifs is 7. The van der Waals surface area contributed by atoms with E-state index in [0.717, 1.165) is 63.2 Å². The maximum atomic E-state index is 13.2. The molecule has 0 radical (unpaired) electrons. The van der Waals surface area contributed by atoms with Gasteiger partial charge in [-0.1, -0.05) is 34.6 Å². The Hall–Kier alpha value is -1.00. The van der Waals surface area contributed by atoms with Gasteiger partial charge in [0.2, 0.25) is 0 Å². The predicted octanol–water partition coefficient (Wildman–Crippen LogP) is 5.22. The maximum Gasteiger partial charge on any atom is 0.160 e. The number of aliphatic hydroxyl groups excluding tert-OH is 1. The first-order chi connectivity index (χ1) is 15.3. The molecule has 0 aromatic carbocycles. The fourth-order valence-corrected chi connectivity index (χ4v) is 10.5. The standard InChI is InChI=1S/C29H45NO3/c1-17(2)23-19(32)15-29(16-31)14-13-26(4)18(24(23)29)7-8-20-25(3)11-10-22(33)28(6,30)21(25)9-12-27(20,26)5/h16-18,20-22,33H,7-15,30H2,1-6H3/t18?,20?,21?,22?,25?,26-,27?,28+,29?/m1/s1. The number of rotatable bonds is 2. The highest BCUT2D eigenvalue weighted by molar-refractivity contribution is 6.03. The zero-order valence-electron chi connectivity index (χ0n) is 21.7. The number of aldehydes is 1. The summed E-state index contributed by atoms with van der Waals surface area (Å²) in [5.74, 6) is 1.61. The Balaban J connectivity index is 1.61. The molecule has 0 aliphatic heterocycles. The van der Waals surface area contributed by atoms with Crippen LogP contribution in [0.25, 0.3) is 0 Å². The van der Waals surface area contributed by atoms with Crippen LogP contribution in [-0.4, -0.2) is 28.8 Å². The molecule has 0 bridgehead atoms. The molecule has 9 atom stereocenters. The number of nitrogens with two attached hydrogens (primary N) is 1. The van der Waals surface area contributed by atoms with Crippen molar-refractivity contribution >= 4 is 12.1 Å². The van der Waals surface area contributed by atoms with Crippen LogP contribution >= 0.6 is 0 Å². The third-order valence-corrected chi connectivity index (χ3v) is 12.4. The Morgan fingerprint density at radius 3 is 2.27 bits per heavy atom. The average Bonchev–Trinajstić information content (AvgIpc) is 3.04. The third-order valence-electron chi connectivity index (χ3n) is 12.4. The van der Waals surface area contributed by atoms with Gasteiger partial charge in [0.15, 0.2) is 5.78 Å². The molecule has 0 aromatic heterocycles. The molecular weight excluding hydrogens is 410 g/mol. The summed E-state index contributed by atoms with van der Waals surface area (Å²) >= 11 is 0. The quantitative estimate of drug-likeness (QED) is 0.560. The minimum absolute atomic E-state index is 0.0809. The van der Waals surface area contributed by atoms with E-state index >= 15 is 0 Å². The monoisotopic (exact) mass is 455 g/mol. The lowest BCUT2D eigenvalue weighted by Gasteiger charge is -2.71. The van der Waals surface area contributed by atoms with E-state index in [1.165, 1.54) is 5.57 Å². The van der Waals surface area contributed by atoms with Crippen molar-refractivity contribution in [1.82, 2.24) is 0 Å². The topological polar surface area (TPSA) is 80.4 Å². The summed E-state index contributed by atoms with van der Waals surface area (Å²) in [5.41, 5.74) is 8.33. The lowest BCUT2D eigenvalue weighted by atomic mass is 9.33. The fraction of sp³-hybridized carbons (Fsp3) is 0.862. The number of ketones is 1. The van der Waals surface area contributed by atoms with Gasteiger partial charge in [-0.05, 0) is 109 Å². The first-order valence-corrected chi connectivity index (χ1v) is 13.5. The Morgan fingerprint density at radius 2 is 1.64 bits per heavy atom. The van der Waals surface area contributed by atoms with Crippen molar-refractivity contribution in [3.63, 3.8) is 0 Å². The zero-order valence-corrected chi connectivity index (χ0v) is 21.7. The van der Waals surface area contributed by atoms with E-state index < -0.39 is 17.1 Å². The van der Waals surface area contributed by atoms with Crippen LogP contribution in [0.5, 0.6) is 0 Å². The van der Waals surface area contributed by atoms with Gasteiger partial charge < -0.3 is 15.6 Å². The summed E-state index contributed by atoms with van der Waals surface area (Å²) in [4.78, 5) is 25.7. The van der Waals surface area contributed by atoms with Crippen LogP contribution in [0.2, 0.25) is 0 Å². The Labute approximate surface area is 200 Å². The number of aliphatic hydroxyl groups is 1. The van der Waals surface area contributed by atoms with E-state index in [1.807, 2.05) is 0 Å². The van der Waals surface area contributed by atoms with Gasteiger partial charge in [0.25, 0.3) is 0 Å². The average molecular weight is 456 g/mol. The van der Waals surface area contributed by atoms with Crippen LogP contribution in [0.4, 0.5) is 0 Å². The van der Waals surface area contributed by atoms with E-state index in [-0.39, 0.29) is 27.9 Å². The van der Waals surface area contributed by atoms with Crippen molar-refractivity contribution in [1.29, 1.82) is 0 Å². The van der Waals surface area contributed by atoms with E-state index in [9.17, 15) is 14.7 Å². The molecule has 184 valence electrons. The second-order valence-corrected chi connectivity index (χ2v) is 13.9. The highest BCUT2D eigenvalue weighted by Gasteiger charge is 2.70. The summed E-state index contributed by atoms with van der Waals surface area (Å²) < 4.78 is 0. The van der Waals surface area contributed by atoms with Crippen LogP contribution in [0.3, 0.4) is 0 Å². The van der Waals surface area contributed by atoms with E-state index in [4.69, 9.17) is 5.73 Å². The second-order valence-electron chi connectivity index (χ2n) is 13.9. The van der Waals surface area contributed by atoms with E-state index in [1.54, 1.807) is 0 Å². The molecule has 0 aromatic rings. The largest absolute Gasteiger partial charge is 0.391 e. The number of Topliss-reactive ketones (excluding diaryl/α,β-unsaturated/α-hetero) is 1. The van der Waals surface area contributed by atoms with E-state index in [2.05, 4.69) is 41.5 Å². The molecule has 3 N–H and O–H groups in total. The molecule has 0 saturated heterocycles. The van der Waals surface area contributed by atoms with Crippen molar-refractivity contribution < 1.29 is 14.7 Å². The van der Waals surface area contributed by atoms with Crippen molar-refractivity contribution in [3.05, 3.63) is 11.1 Å². The van der Waals surface area contributed by atoms with Gasteiger partial charge >= 0.3 is 0 Å². The van der Waals surface area contributed by atoms with Gasteiger partial charge in [0.1, 0.15) is 6.29 Å². The normalized spacial score (nSPS) is 53.9. The zero-order chi connectivity index (χ0) is 24.2. The summed E-state index contributed by atoms with van der Waals surface area (Å²) in [6.07, 6.45) is 9.18. The van der Waals surface area contributed by atoms with Gasteiger partial charge in [-0.3, -0.25) is 4.79 Å². The molecule has 33 heavy (non-hydrogen) atoms. The van der Waals surface area contributed by atoms with Crippen LogP contribution in [0.15, 0.2) is 11.1 Å². The molecular formula is C29H45NO3. The molecule has 4 nitrogen and oxygen atoms in total. The molecule has 4 saturated carbocycles. The smallest absolute Gasteiger partial charge is 0.160 e. The molecule has 0 amide bonds. The Kier molecular flexibility index (Phi) is 5.05. The van der Waals surface area contributed by atoms with Crippen LogP contribution in [0, 0.1) is 45.3 Å². The molecule has 7 unspecified atom stereocenters. The Bertz CT molecular complexity index is 920. The molecule has 5 rings (SSSR count). The second kappa shape index (κ2) is 7.03. The minimum atomic E-state index is -0.546. The summed E-state index contributed by atoms with van der Waals surface area (Å²) in [6, 6.07) is 0. The van der Waals surface area contributed by atoms with Crippen molar-refractivity contribution in [3.8, 4) is 0 Å². The SMILES string of the molecule is CC(C)C1=C2C3CCC4C5(C)CCC(O)[C@@](C)(N)C5CCC4(C)[C@]3(C)CCC2(C=O)CC1=O. The van der Waals surface area contributed by atoms with Crippen LogP contribution in [-0.2, 0) is 9.59 Å². The molecule has 0 spiro atoms. The molecule has 0 heterocycles. The lowest BCUT2D eigenvalue weighted by molar-refractivity contribution is -0.214.